The lowest BCUT2D eigenvalue weighted by Crippen LogP contribution is -3.00. The van der Waals surface area contributed by atoms with E-state index >= 15 is 0 Å². The number of aromatic nitrogens is 4. The Morgan fingerprint density at radius 1 is 0.831 bits per heavy atom. The summed E-state index contributed by atoms with van der Waals surface area (Å²) < 4.78 is 56.2. The Kier molecular flexibility index (Phi) is 13.4. The summed E-state index contributed by atoms with van der Waals surface area (Å²) in [7, 11) is 0. The van der Waals surface area contributed by atoms with Gasteiger partial charge in [-0.1, -0.05) is 66.7 Å². The molecule has 308 valence electrons. The summed E-state index contributed by atoms with van der Waals surface area (Å²) in [4.78, 5) is 18.0. The lowest BCUT2D eigenvalue weighted by Gasteiger charge is -2.38. The van der Waals surface area contributed by atoms with Crippen LogP contribution in [0.1, 0.15) is 56.7 Å². The zero-order chi connectivity index (χ0) is 40.8. The Balaban J connectivity index is 0.000000211. The van der Waals surface area contributed by atoms with E-state index in [0.29, 0.717) is 36.7 Å². The number of carbonyl (C=O) groups excluding carboxylic acids is 1. The largest absolute Gasteiger partial charge is 1.00 e. The van der Waals surface area contributed by atoms with Crippen molar-refractivity contribution >= 4 is 5.97 Å². The number of tetrazole rings is 1. The molecule has 59 heavy (non-hydrogen) atoms. The molecule has 1 fully saturated rings. The van der Waals surface area contributed by atoms with Crippen LogP contribution >= 0.6 is 0 Å². The van der Waals surface area contributed by atoms with Crippen molar-refractivity contribution in [1.29, 1.82) is 0 Å². The standard InChI is InChI=1S/C27H32F3NO4.C19H15N4.ClH/c1-25(2,3)35-24(32)9-12-31-13-10-26(11-14-31)18-34-23-8-7-21(16-22(23)26)33-17-19-5-4-6-20(15-19)27(28,29)30;1-4-10-16(11-5-1)19-20-22(17-12-6-2-7-13-17)23(21-19)18-14-8-3-9-15-18;/h4-8,15-16H,9-14,17-18H2,1-3H3;1-15H;1H/q;+1;/p-1. The van der Waals surface area contributed by atoms with Crippen LogP contribution in [0.5, 0.6) is 11.5 Å². The van der Waals surface area contributed by atoms with E-state index in [1.54, 1.807) is 12.1 Å². The van der Waals surface area contributed by atoms with Crippen LogP contribution in [0, 0.1) is 0 Å². The van der Waals surface area contributed by atoms with E-state index < -0.39 is 17.3 Å². The Labute approximate surface area is 348 Å². The Morgan fingerprint density at radius 2 is 1.49 bits per heavy atom. The molecule has 2 aliphatic rings. The minimum atomic E-state index is -4.38. The van der Waals surface area contributed by atoms with Crippen molar-refractivity contribution in [1.82, 2.24) is 19.9 Å². The first-order valence-corrected chi connectivity index (χ1v) is 19.4. The highest BCUT2D eigenvalue weighted by molar-refractivity contribution is 5.70. The Hall–Kier alpha value is -5.72. The Morgan fingerprint density at radius 3 is 2.15 bits per heavy atom. The molecule has 0 N–H and O–H groups in total. The van der Waals surface area contributed by atoms with Gasteiger partial charge in [0, 0.05) is 22.3 Å². The maximum absolute atomic E-state index is 13.0. The number of hydrogen-bond donors (Lipinski definition) is 0. The molecule has 0 saturated carbocycles. The number of nitrogens with zero attached hydrogens (tertiary/aromatic N) is 5. The molecule has 8 rings (SSSR count). The predicted molar refractivity (Wildman–Crippen MR) is 214 cm³/mol. The van der Waals surface area contributed by atoms with Crippen molar-refractivity contribution in [2.75, 3.05) is 26.2 Å². The van der Waals surface area contributed by atoms with Gasteiger partial charge in [0.25, 0.3) is 0 Å². The van der Waals surface area contributed by atoms with Crippen molar-refractivity contribution in [3.8, 4) is 34.3 Å². The number of rotatable bonds is 9. The van der Waals surface area contributed by atoms with E-state index in [1.165, 1.54) is 6.07 Å². The number of piperidine rings is 1. The van der Waals surface area contributed by atoms with E-state index in [-0.39, 0.29) is 30.4 Å². The van der Waals surface area contributed by atoms with Crippen molar-refractivity contribution in [2.45, 2.75) is 63.8 Å². The number of para-hydroxylation sites is 2. The van der Waals surface area contributed by atoms with E-state index in [1.807, 2.05) is 133 Å². The molecule has 0 atom stereocenters. The van der Waals surface area contributed by atoms with Crippen LogP contribution in [-0.2, 0) is 27.7 Å². The lowest BCUT2D eigenvalue weighted by atomic mass is 9.74. The topological polar surface area (TPSA) is 82.6 Å². The molecule has 1 saturated heterocycles. The molecule has 1 aromatic heterocycles. The summed E-state index contributed by atoms with van der Waals surface area (Å²) in [6, 6.07) is 40.9. The molecule has 0 bridgehead atoms. The van der Waals surface area contributed by atoms with E-state index in [0.717, 1.165) is 66.3 Å². The second-order valence-electron chi connectivity index (χ2n) is 15.5. The monoisotopic (exact) mass is 825 g/mol. The summed E-state index contributed by atoms with van der Waals surface area (Å²) in [5.74, 6) is 1.95. The molecular formula is C46H47ClF3N5O4. The smallest absolute Gasteiger partial charge is 0.416 e. The van der Waals surface area contributed by atoms with Crippen molar-refractivity contribution in [3.05, 3.63) is 150 Å². The number of benzene rings is 5. The number of halogens is 4. The number of hydrogen-bond acceptors (Lipinski definition) is 7. The first-order valence-electron chi connectivity index (χ1n) is 19.4. The lowest BCUT2D eigenvalue weighted by molar-refractivity contribution is -0.734. The number of likely N-dealkylation sites (tertiary alicyclic amines) is 1. The van der Waals surface area contributed by atoms with Gasteiger partial charge in [-0.05, 0) is 129 Å². The Bertz CT molecular complexity index is 2240. The van der Waals surface area contributed by atoms with Crippen LogP contribution in [0.2, 0.25) is 0 Å². The van der Waals surface area contributed by atoms with Crippen molar-refractivity contribution in [3.63, 3.8) is 0 Å². The summed E-state index contributed by atoms with van der Waals surface area (Å²) >= 11 is 0. The number of ether oxygens (including phenoxy) is 3. The predicted octanol–water partition coefficient (Wildman–Crippen LogP) is 5.96. The zero-order valence-corrected chi connectivity index (χ0v) is 34.0. The van der Waals surface area contributed by atoms with E-state index in [9.17, 15) is 18.0 Å². The van der Waals surface area contributed by atoms with Gasteiger partial charge in [0.05, 0.1) is 29.3 Å². The van der Waals surface area contributed by atoms with Crippen LogP contribution < -0.4 is 26.7 Å². The summed E-state index contributed by atoms with van der Waals surface area (Å²) in [6.07, 6.45) is -2.23. The fourth-order valence-corrected chi connectivity index (χ4v) is 7.14. The van der Waals surface area contributed by atoms with E-state index in [2.05, 4.69) is 4.90 Å². The van der Waals surface area contributed by atoms with Gasteiger partial charge < -0.3 is 31.5 Å². The number of alkyl halides is 3. The first-order chi connectivity index (χ1) is 27.9. The second kappa shape index (κ2) is 18.5. The summed E-state index contributed by atoms with van der Waals surface area (Å²) in [5.41, 5.74) is 3.19. The fraction of sp³-hybridized carbons (Fsp3) is 0.304. The second-order valence-corrected chi connectivity index (χ2v) is 15.5. The maximum Gasteiger partial charge on any atom is 0.416 e. The highest BCUT2D eigenvalue weighted by Gasteiger charge is 2.43. The van der Waals surface area contributed by atoms with Crippen LogP contribution in [0.4, 0.5) is 13.2 Å². The van der Waals surface area contributed by atoms with Crippen LogP contribution in [0.3, 0.4) is 0 Å². The zero-order valence-electron chi connectivity index (χ0n) is 33.2. The van der Waals surface area contributed by atoms with Gasteiger partial charge in [-0.2, -0.15) is 13.2 Å². The molecule has 3 heterocycles. The fourth-order valence-electron chi connectivity index (χ4n) is 7.14. The van der Waals surface area contributed by atoms with Gasteiger partial charge in [-0.15, -0.1) is 0 Å². The SMILES string of the molecule is CC(C)(C)OC(=O)CCN1CCC2(CC1)COc1ccc(OCc3cccc(C(F)(F)F)c3)cc12.[Cl-].c1ccc(-c2nn(-c3ccccc3)[n+](-c3ccccc3)n2)cc1. The van der Waals surface area contributed by atoms with Gasteiger partial charge in [0.1, 0.15) is 29.4 Å². The van der Waals surface area contributed by atoms with E-state index in [4.69, 9.17) is 24.4 Å². The van der Waals surface area contributed by atoms with Gasteiger partial charge in [0.15, 0.2) is 5.69 Å². The number of carbonyl (C=O) groups is 1. The summed E-state index contributed by atoms with van der Waals surface area (Å²) in [5, 5.41) is 9.39. The number of esters is 1. The molecule has 5 aromatic carbocycles. The third-order valence-corrected chi connectivity index (χ3v) is 10.1. The number of fused-ring (bicyclic) bond motifs is 2. The van der Waals surface area contributed by atoms with Crippen LogP contribution in [0.15, 0.2) is 133 Å². The van der Waals surface area contributed by atoms with Crippen LogP contribution in [0.25, 0.3) is 22.8 Å². The first kappa shape index (κ1) is 42.9. The molecule has 1 spiro atoms. The molecular weight excluding hydrogens is 779 g/mol. The molecule has 2 aliphatic heterocycles. The minimum Gasteiger partial charge on any atom is -1.00 e. The molecule has 0 aliphatic carbocycles. The third kappa shape index (κ3) is 10.9. The van der Waals surface area contributed by atoms with Gasteiger partial charge in [-0.3, -0.25) is 4.79 Å². The van der Waals surface area contributed by atoms with Crippen LogP contribution in [-0.4, -0.2) is 57.7 Å². The van der Waals surface area contributed by atoms with Gasteiger partial charge in [-0.25, -0.2) is 0 Å². The minimum absolute atomic E-state index is 0. The summed E-state index contributed by atoms with van der Waals surface area (Å²) in [6.45, 7) is 8.61. The molecule has 0 radical (unpaired) electrons. The third-order valence-electron chi connectivity index (χ3n) is 10.1. The van der Waals surface area contributed by atoms with Gasteiger partial charge >= 0.3 is 18.0 Å². The molecule has 6 aromatic rings. The van der Waals surface area contributed by atoms with Gasteiger partial charge in [0.2, 0.25) is 0 Å². The molecule has 0 amide bonds. The molecule has 13 heteroatoms. The highest BCUT2D eigenvalue weighted by atomic mass is 35.5. The average molecular weight is 826 g/mol. The quantitative estimate of drug-likeness (QED) is 0.132. The van der Waals surface area contributed by atoms with Crippen molar-refractivity contribution < 1.29 is 49.4 Å². The normalized spacial score (nSPS) is 14.6. The maximum atomic E-state index is 13.0. The van der Waals surface area contributed by atoms with Crippen molar-refractivity contribution in [2.24, 2.45) is 0 Å². The molecule has 9 nitrogen and oxygen atoms in total. The highest BCUT2D eigenvalue weighted by Crippen LogP contribution is 2.47. The average Bonchev–Trinajstić information content (AvgIpc) is 3.83. The molecule has 0 unspecified atom stereocenters.